The number of esters is 1. The van der Waals surface area contributed by atoms with Crippen LogP contribution in [-0.4, -0.2) is 18.9 Å². The van der Waals surface area contributed by atoms with Gasteiger partial charge in [-0.1, -0.05) is 13.8 Å². The molecule has 0 aliphatic carbocycles. The summed E-state index contributed by atoms with van der Waals surface area (Å²) in [4.78, 5) is 11.3. The summed E-state index contributed by atoms with van der Waals surface area (Å²) < 4.78 is 10.0. The maximum absolute atomic E-state index is 11.3. The van der Waals surface area contributed by atoms with Crippen molar-refractivity contribution in [2.45, 2.75) is 46.6 Å². The van der Waals surface area contributed by atoms with Crippen LogP contribution in [0, 0.1) is 5.92 Å². The fraction of sp³-hybridized carbons (Fsp3) is 0.900. The van der Waals surface area contributed by atoms with Crippen LogP contribution in [0.2, 0.25) is 0 Å². The summed E-state index contributed by atoms with van der Waals surface area (Å²) in [6.45, 7) is 7.86. The van der Waals surface area contributed by atoms with Gasteiger partial charge in [0.2, 0.25) is 0 Å². The molecule has 0 aromatic carbocycles. The van der Waals surface area contributed by atoms with Crippen LogP contribution in [0.3, 0.4) is 0 Å². The van der Waals surface area contributed by atoms with Gasteiger partial charge in [0, 0.05) is 0 Å². The molecule has 0 heterocycles. The molecule has 0 saturated heterocycles. The summed E-state index contributed by atoms with van der Waals surface area (Å²) in [5, 5.41) is 0. The van der Waals surface area contributed by atoms with E-state index in [0.29, 0.717) is 0 Å². The van der Waals surface area contributed by atoms with Crippen LogP contribution in [0.5, 0.6) is 0 Å². The highest BCUT2D eigenvalue weighted by Crippen LogP contribution is 2.09. The molecule has 0 rings (SSSR count). The Morgan fingerprint density at radius 3 is 2.15 bits per heavy atom. The Morgan fingerprint density at radius 1 is 1.23 bits per heavy atom. The first-order valence-corrected chi connectivity index (χ1v) is 4.90. The third kappa shape index (κ3) is 5.64. The molecular weight excluding hydrogens is 168 g/mol. The van der Waals surface area contributed by atoms with Crippen molar-refractivity contribution < 1.29 is 14.3 Å². The fourth-order valence-corrected chi connectivity index (χ4v) is 0.968. The molecule has 0 N–H and O–H groups in total. The van der Waals surface area contributed by atoms with E-state index < -0.39 is 0 Å². The zero-order chi connectivity index (χ0) is 10.3. The van der Waals surface area contributed by atoms with Gasteiger partial charge in [0.05, 0.1) is 12.0 Å². The summed E-state index contributed by atoms with van der Waals surface area (Å²) in [6, 6.07) is 0. The molecule has 78 valence electrons. The molecule has 0 unspecified atom stereocenters. The molecule has 0 fully saturated rings. The van der Waals surface area contributed by atoms with E-state index in [9.17, 15) is 4.79 Å². The van der Waals surface area contributed by atoms with E-state index in [0.717, 1.165) is 12.8 Å². The predicted octanol–water partition coefficient (Wildman–Crippen LogP) is 2.35. The molecule has 3 nitrogen and oxygen atoms in total. The molecule has 0 saturated carbocycles. The number of rotatable bonds is 6. The maximum atomic E-state index is 11.3. The molecule has 0 atom stereocenters. The second kappa shape index (κ2) is 6.89. The van der Waals surface area contributed by atoms with Gasteiger partial charge < -0.3 is 9.47 Å². The molecule has 0 aromatic rings. The van der Waals surface area contributed by atoms with Gasteiger partial charge in [-0.25, -0.2) is 0 Å². The lowest BCUT2D eigenvalue weighted by molar-refractivity contribution is -0.164. The highest BCUT2D eigenvalue weighted by atomic mass is 16.7. The predicted molar refractivity (Wildman–Crippen MR) is 51.3 cm³/mol. The highest BCUT2D eigenvalue weighted by Gasteiger charge is 2.15. The van der Waals surface area contributed by atoms with Crippen molar-refractivity contribution in [3.05, 3.63) is 0 Å². The lowest BCUT2D eigenvalue weighted by Gasteiger charge is -2.13. The zero-order valence-electron chi connectivity index (χ0n) is 9.00. The van der Waals surface area contributed by atoms with Crippen LogP contribution in [0.15, 0.2) is 0 Å². The van der Waals surface area contributed by atoms with Crippen LogP contribution in [0.1, 0.15) is 40.5 Å². The van der Waals surface area contributed by atoms with Gasteiger partial charge in [0.1, 0.15) is 0 Å². The van der Waals surface area contributed by atoms with E-state index in [-0.39, 0.29) is 24.8 Å². The van der Waals surface area contributed by atoms with Crippen molar-refractivity contribution >= 4 is 5.97 Å². The van der Waals surface area contributed by atoms with Gasteiger partial charge in [-0.15, -0.1) is 0 Å². The first kappa shape index (κ1) is 12.4. The number of carbonyl (C=O) groups excluding carboxylic acids is 1. The molecule has 0 spiro atoms. The van der Waals surface area contributed by atoms with Crippen molar-refractivity contribution in [1.82, 2.24) is 0 Å². The highest BCUT2D eigenvalue weighted by molar-refractivity contribution is 5.72. The summed E-state index contributed by atoms with van der Waals surface area (Å²) in [5.74, 6) is -0.124. The van der Waals surface area contributed by atoms with Crippen molar-refractivity contribution in [2.24, 2.45) is 5.92 Å². The van der Waals surface area contributed by atoms with Gasteiger partial charge in [-0.05, 0) is 26.7 Å². The standard InChI is InChI=1S/C10H20O3/c1-5-9(6-2)10(11)13-7-12-8(3)4/h8-9H,5-7H2,1-4H3. The van der Waals surface area contributed by atoms with Crippen LogP contribution < -0.4 is 0 Å². The van der Waals surface area contributed by atoms with Gasteiger partial charge in [-0.2, -0.15) is 0 Å². The lowest BCUT2D eigenvalue weighted by Crippen LogP contribution is -2.19. The Hall–Kier alpha value is -0.570. The molecule has 0 aliphatic rings. The molecule has 0 aromatic heterocycles. The van der Waals surface area contributed by atoms with Crippen molar-refractivity contribution in [1.29, 1.82) is 0 Å². The maximum Gasteiger partial charge on any atom is 0.311 e. The zero-order valence-corrected chi connectivity index (χ0v) is 9.00. The minimum atomic E-state index is -0.148. The van der Waals surface area contributed by atoms with Gasteiger partial charge in [0.25, 0.3) is 0 Å². The van der Waals surface area contributed by atoms with E-state index >= 15 is 0 Å². The van der Waals surface area contributed by atoms with Crippen LogP contribution in [0.4, 0.5) is 0 Å². The summed E-state index contributed by atoms with van der Waals surface area (Å²) in [5.41, 5.74) is 0. The summed E-state index contributed by atoms with van der Waals surface area (Å²) in [6.07, 6.45) is 1.77. The van der Waals surface area contributed by atoms with E-state index in [4.69, 9.17) is 9.47 Å². The van der Waals surface area contributed by atoms with Gasteiger partial charge in [-0.3, -0.25) is 4.79 Å². The summed E-state index contributed by atoms with van der Waals surface area (Å²) >= 11 is 0. The SMILES string of the molecule is CCC(CC)C(=O)OCOC(C)C. The Bertz CT molecular complexity index is 139. The number of hydrogen-bond acceptors (Lipinski definition) is 3. The molecular formula is C10H20O3. The van der Waals surface area contributed by atoms with Crippen LogP contribution in [0.25, 0.3) is 0 Å². The van der Waals surface area contributed by atoms with Crippen molar-refractivity contribution in [2.75, 3.05) is 6.79 Å². The molecule has 0 radical (unpaired) electrons. The summed E-state index contributed by atoms with van der Waals surface area (Å²) in [7, 11) is 0. The lowest BCUT2D eigenvalue weighted by atomic mass is 10.0. The first-order chi connectivity index (χ1) is 6.11. The molecule has 0 bridgehead atoms. The minimum absolute atomic E-state index is 0.0239. The molecule has 0 amide bonds. The fourth-order valence-electron chi connectivity index (χ4n) is 0.968. The number of carbonyl (C=O) groups is 1. The molecule has 0 aliphatic heterocycles. The molecule has 3 heteroatoms. The normalized spacial score (nSPS) is 10.9. The smallest absolute Gasteiger partial charge is 0.311 e. The quantitative estimate of drug-likeness (QED) is 0.474. The van der Waals surface area contributed by atoms with E-state index in [2.05, 4.69) is 0 Å². The minimum Gasteiger partial charge on any atom is -0.438 e. The van der Waals surface area contributed by atoms with Crippen LogP contribution >= 0.6 is 0 Å². The van der Waals surface area contributed by atoms with Gasteiger partial charge in [0.15, 0.2) is 6.79 Å². The van der Waals surface area contributed by atoms with Gasteiger partial charge >= 0.3 is 5.97 Å². The third-order valence-corrected chi connectivity index (χ3v) is 1.92. The number of ether oxygens (including phenoxy) is 2. The second-order valence-electron chi connectivity index (χ2n) is 3.31. The topological polar surface area (TPSA) is 35.5 Å². The monoisotopic (exact) mass is 188 g/mol. The Morgan fingerprint density at radius 2 is 1.77 bits per heavy atom. The Kier molecular flexibility index (Phi) is 6.59. The van der Waals surface area contributed by atoms with E-state index in [1.165, 1.54) is 0 Å². The third-order valence-electron chi connectivity index (χ3n) is 1.92. The average molecular weight is 188 g/mol. The second-order valence-corrected chi connectivity index (χ2v) is 3.31. The van der Waals surface area contributed by atoms with E-state index in [1.54, 1.807) is 0 Å². The van der Waals surface area contributed by atoms with Crippen LogP contribution in [-0.2, 0) is 14.3 Å². The average Bonchev–Trinajstić information content (AvgIpc) is 2.05. The first-order valence-electron chi connectivity index (χ1n) is 4.90. The van der Waals surface area contributed by atoms with Crippen molar-refractivity contribution in [3.63, 3.8) is 0 Å². The van der Waals surface area contributed by atoms with E-state index in [1.807, 2.05) is 27.7 Å². The molecule has 13 heavy (non-hydrogen) atoms. The Labute approximate surface area is 80.4 Å². The largest absolute Gasteiger partial charge is 0.438 e. The van der Waals surface area contributed by atoms with Crippen molar-refractivity contribution in [3.8, 4) is 0 Å². The number of hydrogen-bond donors (Lipinski definition) is 0. The Balaban J connectivity index is 3.60.